The van der Waals surface area contributed by atoms with Crippen molar-refractivity contribution in [1.82, 2.24) is 5.32 Å². The maximum Gasteiger partial charge on any atom is 0.246 e. The summed E-state index contributed by atoms with van der Waals surface area (Å²) in [5, 5.41) is 3.11. The van der Waals surface area contributed by atoms with Gasteiger partial charge in [0.1, 0.15) is 6.61 Å². The van der Waals surface area contributed by atoms with Crippen LogP contribution < -0.4 is 11.1 Å². The molecule has 0 aromatic heterocycles. The van der Waals surface area contributed by atoms with Gasteiger partial charge in [-0.1, -0.05) is 44.9 Å². The number of carbonyl (C=O) groups is 1. The summed E-state index contributed by atoms with van der Waals surface area (Å²) < 4.78 is 5.97. The van der Waals surface area contributed by atoms with E-state index in [1.54, 1.807) is 0 Å². The van der Waals surface area contributed by atoms with E-state index in [1.165, 1.54) is 44.9 Å². The summed E-state index contributed by atoms with van der Waals surface area (Å²) in [5.41, 5.74) is 5.67. The lowest BCUT2D eigenvalue weighted by Crippen LogP contribution is -2.45. The minimum atomic E-state index is -0.250. The second kappa shape index (κ2) is 7.99. The summed E-state index contributed by atoms with van der Waals surface area (Å²) in [6.45, 7) is 0.706. The fraction of sp³-hybridized carbons (Fsp3) is 0.938. The summed E-state index contributed by atoms with van der Waals surface area (Å²) in [4.78, 5) is 12.0. The molecule has 4 nitrogen and oxygen atoms in total. The van der Waals surface area contributed by atoms with Gasteiger partial charge in [0.15, 0.2) is 0 Å². The molecule has 0 bridgehead atoms. The number of amides is 1. The maximum atomic E-state index is 12.0. The highest BCUT2D eigenvalue weighted by molar-refractivity contribution is 5.77. The average Bonchev–Trinajstić information content (AvgIpc) is 2.72. The van der Waals surface area contributed by atoms with Gasteiger partial charge in [0.25, 0.3) is 0 Å². The van der Waals surface area contributed by atoms with Gasteiger partial charge in [-0.3, -0.25) is 4.79 Å². The Kier molecular flexibility index (Phi) is 6.30. The standard InChI is InChI=1S/C16H30N2O2/c17-13-16(10-6-1-2-7-11-16)20-12-15(19)18-14-8-4-3-5-9-14/h14H,1-13,17H2,(H,18,19). The van der Waals surface area contributed by atoms with Crippen molar-refractivity contribution >= 4 is 5.91 Å². The normalized spacial score (nSPS) is 24.1. The number of carbonyl (C=O) groups excluding carboxylic acids is 1. The summed E-state index contributed by atoms with van der Waals surface area (Å²) in [6.07, 6.45) is 12.9. The van der Waals surface area contributed by atoms with Crippen molar-refractivity contribution in [2.45, 2.75) is 82.3 Å². The van der Waals surface area contributed by atoms with Crippen LogP contribution in [-0.2, 0) is 9.53 Å². The van der Waals surface area contributed by atoms with Crippen molar-refractivity contribution in [2.75, 3.05) is 13.2 Å². The molecule has 116 valence electrons. The van der Waals surface area contributed by atoms with Crippen LogP contribution in [-0.4, -0.2) is 30.7 Å². The van der Waals surface area contributed by atoms with Gasteiger partial charge >= 0.3 is 0 Å². The molecule has 2 fully saturated rings. The average molecular weight is 282 g/mol. The van der Waals surface area contributed by atoms with Gasteiger partial charge in [-0.15, -0.1) is 0 Å². The highest BCUT2D eigenvalue weighted by atomic mass is 16.5. The van der Waals surface area contributed by atoms with E-state index in [-0.39, 0.29) is 18.1 Å². The number of nitrogens with two attached hydrogens (primary N) is 1. The minimum Gasteiger partial charge on any atom is -0.364 e. The molecule has 2 aliphatic rings. The zero-order valence-electron chi connectivity index (χ0n) is 12.7. The molecular formula is C16H30N2O2. The van der Waals surface area contributed by atoms with Gasteiger partial charge in [0, 0.05) is 12.6 Å². The van der Waals surface area contributed by atoms with Crippen LogP contribution in [0.15, 0.2) is 0 Å². The van der Waals surface area contributed by atoms with E-state index < -0.39 is 0 Å². The van der Waals surface area contributed by atoms with Gasteiger partial charge in [-0.05, 0) is 25.7 Å². The molecule has 0 spiro atoms. The number of nitrogens with one attached hydrogen (secondary N) is 1. The summed E-state index contributed by atoms with van der Waals surface area (Å²) in [6, 6.07) is 0.364. The van der Waals surface area contributed by atoms with E-state index in [0.29, 0.717) is 12.6 Å². The fourth-order valence-electron chi connectivity index (χ4n) is 3.52. The quantitative estimate of drug-likeness (QED) is 0.762. The van der Waals surface area contributed by atoms with Crippen molar-refractivity contribution in [3.8, 4) is 0 Å². The molecule has 0 aromatic rings. The highest BCUT2D eigenvalue weighted by Crippen LogP contribution is 2.29. The molecule has 0 aliphatic heterocycles. The van der Waals surface area contributed by atoms with Crippen LogP contribution in [0, 0.1) is 0 Å². The van der Waals surface area contributed by atoms with Crippen molar-refractivity contribution in [1.29, 1.82) is 0 Å². The molecule has 1 amide bonds. The van der Waals surface area contributed by atoms with E-state index in [2.05, 4.69) is 5.32 Å². The van der Waals surface area contributed by atoms with Crippen molar-refractivity contribution in [3.05, 3.63) is 0 Å². The predicted molar refractivity (Wildman–Crippen MR) is 80.5 cm³/mol. The third-order valence-corrected chi connectivity index (χ3v) is 4.87. The summed E-state index contributed by atoms with van der Waals surface area (Å²) in [7, 11) is 0. The van der Waals surface area contributed by atoms with Crippen LogP contribution in [0.5, 0.6) is 0 Å². The minimum absolute atomic E-state index is 0.0361. The van der Waals surface area contributed by atoms with Crippen LogP contribution in [0.2, 0.25) is 0 Å². The predicted octanol–water partition coefficient (Wildman–Crippen LogP) is 2.50. The first-order valence-electron chi connectivity index (χ1n) is 8.37. The van der Waals surface area contributed by atoms with Gasteiger partial charge in [0.05, 0.1) is 5.60 Å². The first-order valence-corrected chi connectivity index (χ1v) is 8.37. The molecule has 3 N–H and O–H groups in total. The molecular weight excluding hydrogens is 252 g/mol. The Bertz CT molecular complexity index is 293. The molecule has 2 rings (SSSR count). The maximum absolute atomic E-state index is 12.0. The van der Waals surface area contributed by atoms with Crippen molar-refractivity contribution < 1.29 is 9.53 Å². The molecule has 20 heavy (non-hydrogen) atoms. The molecule has 4 heteroatoms. The second-order valence-corrected chi connectivity index (χ2v) is 6.49. The lowest BCUT2D eigenvalue weighted by atomic mass is 9.94. The van der Waals surface area contributed by atoms with E-state index in [4.69, 9.17) is 10.5 Å². The summed E-state index contributed by atoms with van der Waals surface area (Å²) >= 11 is 0. The molecule has 0 aromatic carbocycles. The second-order valence-electron chi connectivity index (χ2n) is 6.49. The van der Waals surface area contributed by atoms with Crippen LogP contribution in [0.25, 0.3) is 0 Å². The molecule has 0 saturated heterocycles. The molecule has 0 atom stereocenters. The van der Waals surface area contributed by atoms with Crippen molar-refractivity contribution in [2.24, 2.45) is 5.73 Å². The number of ether oxygens (including phenoxy) is 1. The third-order valence-electron chi connectivity index (χ3n) is 4.87. The van der Waals surface area contributed by atoms with Gasteiger partial charge < -0.3 is 15.8 Å². The highest BCUT2D eigenvalue weighted by Gasteiger charge is 2.31. The van der Waals surface area contributed by atoms with Gasteiger partial charge in [-0.25, -0.2) is 0 Å². The fourth-order valence-corrected chi connectivity index (χ4v) is 3.52. The Morgan fingerprint density at radius 1 is 1.05 bits per heavy atom. The Morgan fingerprint density at radius 2 is 1.65 bits per heavy atom. The Morgan fingerprint density at radius 3 is 2.25 bits per heavy atom. The third kappa shape index (κ3) is 4.74. The topological polar surface area (TPSA) is 64.3 Å². The molecule has 0 unspecified atom stereocenters. The zero-order valence-corrected chi connectivity index (χ0v) is 12.7. The first-order chi connectivity index (χ1) is 9.74. The van der Waals surface area contributed by atoms with Gasteiger partial charge in [-0.2, -0.15) is 0 Å². The number of hydrogen-bond acceptors (Lipinski definition) is 3. The SMILES string of the molecule is NCC1(OCC(=O)NC2CCCCC2)CCCCCC1. The monoisotopic (exact) mass is 282 g/mol. The van der Waals surface area contributed by atoms with Crippen LogP contribution in [0.3, 0.4) is 0 Å². The molecule has 0 radical (unpaired) electrons. The van der Waals surface area contributed by atoms with Crippen molar-refractivity contribution in [3.63, 3.8) is 0 Å². The Hall–Kier alpha value is -0.610. The Labute approximate surface area is 122 Å². The largest absolute Gasteiger partial charge is 0.364 e. The Balaban J connectivity index is 1.75. The number of rotatable bonds is 5. The summed E-state index contributed by atoms with van der Waals surface area (Å²) in [5.74, 6) is 0.0361. The van der Waals surface area contributed by atoms with E-state index in [1.807, 2.05) is 0 Å². The van der Waals surface area contributed by atoms with Gasteiger partial charge in [0.2, 0.25) is 5.91 Å². The van der Waals surface area contributed by atoms with E-state index in [9.17, 15) is 4.79 Å². The number of hydrogen-bond donors (Lipinski definition) is 2. The van der Waals surface area contributed by atoms with E-state index in [0.717, 1.165) is 25.7 Å². The lowest BCUT2D eigenvalue weighted by molar-refractivity contribution is -0.134. The zero-order chi connectivity index (χ0) is 14.3. The molecule has 0 heterocycles. The molecule has 2 aliphatic carbocycles. The first kappa shape index (κ1) is 15.8. The van der Waals surface area contributed by atoms with Crippen LogP contribution >= 0.6 is 0 Å². The van der Waals surface area contributed by atoms with Crippen LogP contribution in [0.4, 0.5) is 0 Å². The molecule has 2 saturated carbocycles. The smallest absolute Gasteiger partial charge is 0.246 e. The lowest BCUT2D eigenvalue weighted by Gasteiger charge is -2.32. The van der Waals surface area contributed by atoms with E-state index >= 15 is 0 Å². The van der Waals surface area contributed by atoms with Crippen LogP contribution in [0.1, 0.15) is 70.6 Å².